The molecule has 0 spiro atoms. The molecule has 0 fully saturated rings. The Balaban J connectivity index is 3.91. The Kier molecular flexibility index (Phi) is 6.61. The summed E-state index contributed by atoms with van der Waals surface area (Å²) in [4.78, 5) is 22.0. The number of hydrogen-bond acceptors (Lipinski definition) is 2. The van der Waals surface area contributed by atoms with Gasteiger partial charge in [-0.15, -0.1) is 0 Å². The maximum absolute atomic E-state index is 11.6. The number of aliphatic carboxylic acids is 1. The minimum Gasteiger partial charge on any atom is -0.481 e. The van der Waals surface area contributed by atoms with Crippen molar-refractivity contribution >= 4 is 12.0 Å². The molecule has 0 aliphatic carbocycles. The molecule has 0 saturated carbocycles. The van der Waals surface area contributed by atoms with E-state index in [0.717, 1.165) is 12.8 Å². The Morgan fingerprint density at radius 1 is 1.35 bits per heavy atom. The highest BCUT2D eigenvalue weighted by Crippen LogP contribution is 2.10. The predicted molar refractivity (Wildman–Crippen MR) is 66.9 cm³/mol. The third-order valence-electron chi connectivity index (χ3n) is 2.46. The van der Waals surface area contributed by atoms with Gasteiger partial charge in [0.15, 0.2) is 0 Å². The number of nitrogens with one attached hydrogen (secondary N) is 2. The Labute approximate surface area is 103 Å². The largest absolute Gasteiger partial charge is 0.481 e. The first-order valence-electron chi connectivity index (χ1n) is 6.04. The maximum Gasteiger partial charge on any atom is 0.315 e. The van der Waals surface area contributed by atoms with Crippen molar-refractivity contribution in [1.82, 2.24) is 10.6 Å². The van der Waals surface area contributed by atoms with Crippen LogP contribution in [0.5, 0.6) is 0 Å². The van der Waals surface area contributed by atoms with Crippen LogP contribution >= 0.6 is 0 Å². The van der Waals surface area contributed by atoms with Crippen LogP contribution in [0.4, 0.5) is 4.79 Å². The first-order valence-corrected chi connectivity index (χ1v) is 6.04. The molecule has 1 atom stereocenters. The summed E-state index contributed by atoms with van der Waals surface area (Å²) < 4.78 is 0. The molecular formula is C12H24N2O3. The summed E-state index contributed by atoms with van der Waals surface area (Å²) in [5, 5.41) is 14.1. The number of carboxylic acid groups (broad SMARTS) is 1. The zero-order valence-corrected chi connectivity index (χ0v) is 11.2. The van der Waals surface area contributed by atoms with E-state index in [-0.39, 0.29) is 23.9 Å². The molecule has 100 valence electrons. The van der Waals surface area contributed by atoms with E-state index in [9.17, 15) is 9.59 Å². The molecule has 1 unspecified atom stereocenters. The molecule has 0 radical (unpaired) electrons. The van der Waals surface area contributed by atoms with E-state index in [1.165, 1.54) is 0 Å². The van der Waals surface area contributed by atoms with Gasteiger partial charge in [0.1, 0.15) is 0 Å². The summed E-state index contributed by atoms with van der Waals surface area (Å²) in [5.41, 5.74) is -0.227. The van der Waals surface area contributed by atoms with Crippen LogP contribution in [0, 0.1) is 5.92 Å². The average molecular weight is 244 g/mol. The molecule has 0 aromatic carbocycles. The van der Waals surface area contributed by atoms with Crippen LogP contribution in [0.1, 0.15) is 47.0 Å². The first-order chi connectivity index (χ1) is 7.76. The smallest absolute Gasteiger partial charge is 0.315 e. The monoisotopic (exact) mass is 244 g/mol. The van der Waals surface area contributed by atoms with Crippen molar-refractivity contribution in [3.8, 4) is 0 Å². The summed E-state index contributed by atoms with van der Waals surface area (Å²) >= 11 is 0. The van der Waals surface area contributed by atoms with E-state index in [1.807, 2.05) is 13.8 Å². The second-order valence-corrected chi connectivity index (χ2v) is 5.17. The third kappa shape index (κ3) is 8.54. The summed E-state index contributed by atoms with van der Waals surface area (Å²) in [6.45, 7) is 8.18. The number of rotatable bonds is 7. The fourth-order valence-corrected chi connectivity index (χ4v) is 1.68. The lowest BCUT2D eigenvalue weighted by Gasteiger charge is -2.26. The summed E-state index contributed by atoms with van der Waals surface area (Å²) in [5.74, 6) is -0.904. The van der Waals surface area contributed by atoms with Gasteiger partial charge in [-0.3, -0.25) is 4.79 Å². The van der Waals surface area contributed by atoms with Gasteiger partial charge in [-0.2, -0.15) is 0 Å². The minimum atomic E-state index is -0.842. The molecule has 0 aliphatic heterocycles. The van der Waals surface area contributed by atoms with Gasteiger partial charge in [0.2, 0.25) is 0 Å². The van der Waals surface area contributed by atoms with E-state index in [2.05, 4.69) is 17.6 Å². The molecular weight excluding hydrogens is 220 g/mol. The average Bonchev–Trinajstić information content (AvgIpc) is 2.12. The highest BCUT2D eigenvalue weighted by atomic mass is 16.4. The molecule has 0 bridgehead atoms. The lowest BCUT2D eigenvalue weighted by atomic mass is 9.99. The molecule has 0 heterocycles. The molecule has 0 aromatic heterocycles. The van der Waals surface area contributed by atoms with Crippen LogP contribution in [0.15, 0.2) is 0 Å². The van der Waals surface area contributed by atoms with Crippen LogP contribution in [-0.4, -0.2) is 29.2 Å². The van der Waals surface area contributed by atoms with Gasteiger partial charge < -0.3 is 15.7 Å². The molecule has 3 N–H and O–H groups in total. The standard InChI is InChI=1S/C12H24N2O3/c1-5-6-12(3,4)14-11(17)13-8-9(2)7-10(15)16/h9H,5-8H2,1-4H3,(H,15,16)(H2,13,14,17). The van der Waals surface area contributed by atoms with Crippen molar-refractivity contribution in [2.24, 2.45) is 5.92 Å². The van der Waals surface area contributed by atoms with Crippen LogP contribution in [0.25, 0.3) is 0 Å². The zero-order chi connectivity index (χ0) is 13.5. The molecule has 5 nitrogen and oxygen atoms in total. The second kappa shape index (κ2) is 7.14. The number of carboxylic acids is 1. The number of carbonyl (C=O) groups excluding carboxylic acids is 1. The number of urea groups is 1. The van der Waals surface area contributed by atoms with Crippen LogP contribution < -0.4 is 10.6 Å². The molecule has 5 heteroatoms. The Hall–Kier alpha value is -1.26. The molecule has 2 amide bonds. The normalized spacial score (nSPS) is 12.9. The summed E-state index contributed by atoms with van der Waals surface area (Å²) in [6, 6.07) is -0.235. The van der Waals surface area contributed by atoms with Gasteiger partial charge in [-0.1, -0.05) is 20.3 Å². The van der Waals surface area contributed by atoms with Gasteiger partial charge in [-0.25, -0.2) is 4.79 Å². The summed E-state index contributed by atoms with van der Waals surface area (Å²) in [6.07, 6.45) is 1.98. The molecule has 0 aromatic rings. The molecule has 0 rings (SSSR count). The number of carbonyl (C=O) groups is 2. The van der Waals surface area contributed by atoms with E-state index in [4.69, 9.17) is 5.11 Å². The fourth-order valence-electron chi connectivity index (χ4n) is 1.68. The number of amides is 2. The van der Waals surface area contributed by atoms with E-state index >= 15 is 0 Å². The zero-order valence-electron chi connectivity index (χ0n) is 11.2. The number of hydrogen-bond donors (Lipinski definition) is 3. The van der Waals surface area contributed by atoms with Crippen molar-refractivity contribution in [3.63, 3.8) is 0 Å². The Morgan fingerprint density at radius 2 is 1.94 bits per heavy atom. The molecule has 0 saturated heterocycles. The van der Waals surface area contributed by atoms with E-state index < -0.39 is 5.97 Å². The quantitative estimate of drug-likeness (QED) is 0.640. The predicted octanol–water partition coefficient (Wildman–Crippen LogP) is 1.98. The maximum atomic E-state index is 11.6. The highest BCUT2D eigenvalue weighted by molar-refractivity contribution is 5.74. The summed E-state index contributed by atoms with van der Waals surface area (Å²) in [7, 11) is 0. The van der Waals surface area contributed by atoms with Crippen LogP contribution in [-0.2, 0) is 4.79 Å². The van der Waals surface area contributed by atoms with Crippen molar-refractivity contribution in [2.75, 3.05) is 6.54 Å². The Bertz CT molecular complexity index is 264. The topological polar surface area (TPSA) is 78.4 Å². The fraction of sp³-hybridized carbons (Fsp3) is 0.833. The first kappa shape index (κ1) is 15.7. The van der Waals surface area contributed by atoms with Gasteiger partial charge in [0.05, 0.1) is 0 Å². The van der Waals surface area contributed by atoms with Crippen LogP contribution in [0.3, 0.4) is 0 Å². The van der Waals surface area contributed by atoms with E-state index in [0.29, 0.717) is 6.54 Å². The second-order valence-electron chi connectivity index (χ2n) is 5.17. The van der Waals surface area contributed by atoms with E-state index in [1.54, 1.807) is 6.92 Å². The third-order valence-corrected chi connectivity index (χ3v) is 2.46. The van der Waals surface area contributed by atoms with Crippen molar-refractivity contribution < 1.29 is 14.7 Å². The van der Waals surface area contributed by atoms with Gasteiger partial charge in [-0.05, 0) is 26.2 Å². The molecule has 17 heavy (non-hydrogen) atoms. The lowest BCUT2D eigenvalue weighted by molar-refractivity contribution is -0.137. The van der Waals surface area contributed by atoms with Gasteiger partial charge in [0.25, 0.3) is 0 Å². The Morgan fingerprint density at radius 3 is 2.41 bits per heavy atom. The van der Waals surface area contributed by atoms with Crippen LogP contribution in [0.2, 0.25) is 0 Å². The SMILES string of the molecule is CCCC(C)(C)NC(=O)NCC(C)CC(=O)O. The highest BCUT2D eigenvalue weighted by Gasteiger charge is 2.19. The lowest BCUT2D eigenvalue weighted by Crippen LogP contribution is -2.49. The molecule has 0 aliphatic rings. The van der Waals surface area contributed by atoms with Crippen molar-refractivity contribution in [2.45, 2.75) is 52.5 Å². The van der Waals surface area contributed by atoms with Gasteiger partial charge in [0, 0.05) is 18.5 Å². The van der Waals surface area contributed by atoms with Crippen molar-refractivity contribution in [3.05, 3.63) is 0 Å². The minimum absolute atomic E-state index is 0.0625. The van der Waals surface area contributed by atoms with Gasteiger partial charge >= 0.3 is 12.0 Å². The van der Waals surface area contributed by atoms with Crippen molar-refractivity contribution in [1.29, 1.82) is 0 Å².